The first-order chi connectivity index (χ1) is 11.1. The smallest absolute Gasteiger partial charge is 0.335 e. The molecule has 0 amide bonds. The lowest BCUT2D eigenvalue weighted by atomic mass is 10.2. The van der Waals surface area contributed by atoms with Gasteiger partial charge in [-0.3, -0.25) is 0 Å². The fourth-order valence-electron chi connectivity index (χ4n) is 1.21. The number of phenols is 2. The van der Waals surface area contributed by atoms with Crippen LogP contribution in [-0.4, -0.2) is 38.1 Å². The zero-order chi connectivity index (χ0) is 18.7. The van der Waals surface area contributed by atoms with Crippen molar-refractivity contribution in [2.75, 3.05) is 0 Å². The monoisotopic (exact) mass is 334 g/mol. The standard InChI is InChI=1S/2C7H6O3.C3H6O/c2*8-6-3-1-5(2-4-6)7(9)10;1-3(2)4/h2*1-4,8H,(H,9,10);1-2H3. The molecule has 7 nitrogen and oxygen atoms in total. The first-order valence-electron chi connectivity index (χ1n) is 6.65. The molecule has 0 fully saturated rings. The first kappa shape index (κ1) is 20.6. The average Bonchev–Trinajstić information content (AvgIpc) is 2.48. The first-order valence-corrected chi connectivity index (χ1v) is 6.65. The van der Waals surface area contributed by atoms with Gasteiger partial charge in [0.05, 0.1) is 11.1 Å². The molecule has 0 heterocycles. The van der Waals surface area contributed by atoms with Crippen LogP contribution in [0.1, 0.15) is 34.6 Å². The Balaban J connectivity index is 0.000000363. The van der Waals surface area contributed by atoms with Gasteiger partial charge in [-0.05, 0) is 62.4 Å². The SMILES string of the molecule is CC(C)=O.O=C(O)c1ccc(O)cc1.O=C(O)c1ccc(O)cc1. The van der Waals surface area contributed by atoms with E-state index in [1.54, 1.807) is 0 Å². The van der Waals surface area contributed by atoms with E-state index in [1.807, 2.05) is 0 Å². The van der Waals surface area contributed by atoms with Gasteiger partial charge < -0.3 is 25.2 Å². The van der Waals surface area contributed by atoms with E-state index < -0.39 is 11.9 Å². The molecule has 2 rings (SSSR count). The number of carboxylic acid groups (broad SMARTS) is 2. The Labute approximate surface area is 138 Å². The number of ketones is 1. The second-order valence-corrected chi connectivity index (χ2v) is 4.61. The van der Waals surface area contributed by atoms with Gasteiger partial charge in [-0.15, -0.1) is 0 Å². The summed E-state index contributed by atoms with van der Waals surface area (Å²) in [7, 11) is 0. The number of Topliss-reactive ketones (excluding diaryl/α,β-unsaturated/α-hetero) is 1. The van der Waals surface area contributed by atoms with Crippen LogP contribution in [0.15, 0.2) is 48.5 Å². The zero-order valence-electron chi connectivity index (χ0n) is 13.1. The maximum atomic E-state index is 10.2. The van der Waals surface area contributed by atoms with Gasteiger partial charge in [0, 0.05) is 0 Å². The van der Waals surface area contributed by atoms with Crippen LogP contribution in [0, 0.1) is 0 Å². The summed E-state index contributed by atoms with van der Waals surface area (Å²) in [5, 5.41) is 34.3. The van der Waals surface area contributed by atoms with Gasteiger partial charge in [0.25, 0.3) is 0 Å². The van der Waals surface area contributed by atoms with Crippen LogP contribution in [0.5, 0.6) is 11.5 Å². The molecule has 0 atom stereocenters. The highest BCUT2D eigenvalue weighted by Crippen LogP contribution is 2.09. The van der Waals surface area contributed by atoms with Crippen molar-refractivity contribution in [1.29, 1.82) is 0 Å². The number of rotatable bonds is 2. The van der Waals surface area contributed by atoms with Gasteiger partial charge in [0.15, 0.2) is 0 Å². The fourth-order valence-corrected chi connectivity index (χ4v) is 1.21. The maximum absolute atomic E-state index is 10.2. The highest BCUT2D eigenvalue weighted by atomic mass is 16.4. The second kappa shape index (κ2) is 10.4. The number of carboxylic acids is 2. The van der Waals surface area contributed by atoms with E-state index in [4.69, 9.17) is 20.4 Å². The Hall–Kier alpha value is -3.35. The van der Waals surface area contributed by atoms with Crippen LogP contribution in [0.3, 0.4) is 0 Å². The molecule has 2 aromatic rings. The molecule has 7 heteroatoms. The van der Waals surface area contributed by atoms with Crippen LogP contribution in [0.2, 0.25) is 0 Å². The van der Waals surface area contributed by atoms with Crippen molar-refractivity contribution in [3.63, 3.8) is 0 Å². The molecular weight excluding hydrogens is 316 g/mol. The zero-order valence-corrected chi connectivity index (χ0v) is 13.1. The molecule has 0 radical (unpaired) electrons. The van der Waals surface area contributed by atoms with Crippen LogP contribution in [-0.2, 0) is 4.79 Å². The Morgan fingerprint density at radius 2 is 0.833 bits per heavy atom. The molecule has 4 N–H and O–H groups in total. The summed E-state index contributed by atoms with van der Waals surface area (Å²) in [6.45, 7) is 3.06. The van der Waals surface area contributed by atoms with Crippen LogP contribution in [0.25, 0.3) is 0 Å². The minimum Gasteiger partial charge on any atom is -0.508 e. The predicted molar refractivity (Wildman–Crippen MR) is 86.5 cm³/mol. The highest BCUT2D eigenvalue weighted by molar-refractivity contribution is 5.88. The summed E-state index contributed by atoms with van der Waals surface area (Å²) in [6.07, 6.45) is 0. The maximum Gasteiger partial charge on any atom is 0.335 e. The topological polar surface area (TPSA) is 132 Å². The summed E-state index contributed by atoms with van der Waals surface area (Å²) in [5.41, 5.74) is 0.357. The predicted octanol–water partition coefficient (Wildman–Crippen LogP) is 2.78. The summed E-state index contributed by atoms with van der Waals surface area (Å²) >= 11 is 0. The van der Waals surface area contributed by atoms with E-state index in [0.29, 0.717) is 0 Å². The Morgan fingerprint density at radius 1 is 0.625 bits per heavy atom. The summed E-state index contributed by atoms with van der Waals surface area (Å²) in [5.74, 6) is -1.66. The van der Waals surface area contributed by atoms with Gasteiger partial charge in [-0.2, -0.15) is 0 Å². The molecule has 0 unspecified atom stereocenters. The molecular formula is C17H18O7. The Morgan fingerprint density at radius 3 is 1.00 bits per heavy atom. The van der Waals surface area contributed by atoms with Crippen molar-refractivity contribution in [2.45, 2.75) is 13.8 Å². The number of aromatic hydroxyl groups is 2. The lowest BCUT2D eigenvalue weighted by molar-refractivity contribution is -0.115. The van der Waals surface area contributed by atoms with Crippen LogP contribution >= 0.6 is 0 Å². The van der Waals surface area contributed by atoms with Crippen molar-refractivity contribution in [1.82, 2.24) is 0 Å². The average molecular weight is 334 g/mol. The van der Waals surface area contributed by atoms with Gasteiger partial charge in [-0.1, -0.05) is 0 Å². The molecule has 0 bridgehead atoms. The number of carbonyl (C=O) groups is 3. The third-order valence-electron chi connectivity index (χ3n) is 2.23. The fraction of sp³-hybridized carbons (Fsp3) is 0.118. The Kier molecular flexibility index (Phi) is 8.94. The van der Waals surface area contributed by atoms with E-state index in [-0.39, 0.29) is 28.4 Å². The van der Waals surface area contributed by atoms with E-state index in [1.165, 1.54) is 62.4 Å². The summed E-state index contributed by atoms with van der Waals surface area (Å²) in [4.78, 5) is 29.9. The van der Waals surface area contributed by atoms with E-state index >= 15 is 0 Å². The van der Waals surface area contributed by atoms with Gasteiger partial charge >= 0.3 is 11.9 Å². The number of hydrogen-bond acceptors (Lipinski definition) is 5. The van der Waals surface area contributed by atoms with Crippen LogP contribution in [0.4, 0.5) is 0 Å². The highest BCUT2D eigenvalue weighted by Gasteiger charge is 2.00. The molecule has 0 aromatic heterocycles. The number of hydrogen-bond donors (Lipinski definition) is 4. The molecule has 24 heavy (non-hydrogen) atoms. The van der Waals surface area contributed by atoms with Gasteiger partial charge in [0.2, 0.25) is 0 Å². The molecule has 2 aromatic carbocycles. The number of carbonyl (C=O) groups excluding carboxylic acids is 1. The van der Waals surface area contributed by atoms with E-state index in [9.17, 15) is 14.4 Å². The summed E-state index contributed by atoms with van der Waals surface area (Å²) < 4.78 is 0. The van der Waals surface area contributed by atoms with Gasteiger partial charge in [0.1, 0.15) is 17.3 Å². The quantitative estimate of drug-likeness (QED) is 0.663. The van der Waals surface area contributed by atoms with Gasteiger partial charge in [-0.25, -0.2) is 9.59 Å². The molecule has 128 valence electrons. The third-order valence-corrected chi connectivity index (χ3v) is 2.23. The molecule has 0 saturated carbocycles. The minimum absolute atomic E-state index is 0.0741. The molecule has 0 aliphatic carbocycles. The van der Waals surface area contributed by atoms with Crippen molar-refractivity contribution in [2.24, 2.45) is 0 Å². The van der Waals surface area contributed by atoms with Crippen LogP contribution < -0.4 is 0 Å². The lowest BCUT2D eigenvalue weighted by Gasteiger charge is -1.92. The number of aromatic carboxylic acids is 2. The lowest BCUT2D eigenvalue weighted by Crippen LogP contribution is -1.93. The second-order valence-electron chi connectivity index (χ2n) is 4.61. The summed E-state index contributed by atoms with van der Waals surface area (Å²) in [6, 6.07) is 10.7. The third kappa shape index (κ3) is 9.56. The Bertz CT molecular complexity index is 614. The number of phenolic OH excluding ortho intramolecular Hbond substituents is 2. The minimum atomic E-state index is -0.986. The van der Waals surface area contributed by atoms with Crippen molar-refractivity contribution in [3.05, 3.63) is 59.7 Å². The number of benzene rings is 2. The largest absolute Gasteiger partial charge is 0.508 e. The van der Waals surface area contributed by atoms with E-state index in [0.717, 1.165) is 0 Å². The molecule has 0 aliphatic rings. The van der Waals surface area contributed by atoms with Crippen molar-refractivity contribution >= 4 is 17.7 Å². The van der Waals surface area contributed by atoms with Crippen molar-refractivity contribution in [3.8, 4) is 11.5 Å². The normalized spacial score (nSPS) is 8.75. The van der Waals surface area contributed by atoms with Crippen molar-refractivity contribution < 1.29 is 34.8 Å². The molecule has 0 spiro atoms. The van der Waals surface area contributed by atoms with E-state index in [2.05, 4.69) is 0 Å². The molecule has 0 saturated heterocycles. The molecule has 0 aliphatic heterocycles.